The van der Waals surface area contributed by atoms with Crippen LogP contribution < -0.4 is 4.90 Å². The Kier molecular flexibility index (Phi) is 2.36. The van der Waals surface area contributed by atoms with E-state index < -0.39 is 0 Å². The number of nitriles is 1. The molecule has 0 radical (unpaired) electrons. The van der Waals surface area contributed by atoms with Gasteiger partial charge in [-0.05, 0) is 18.1 Å². The number of nitrogens with zero attached hydrogens (tertiary/aromatic N) is 5. The summed E-state index contributed by atoms with van der Waals surface area (Å²) in [6, 6.07) is 2.29. The van der Waals surface area contributed by atoms with Crippen LogP contribution in [-0.4, -0.2) is 27.9 Å². The highest BCUT2D eigenvalue weighted by Crippen LogP contribution is 2.22. The second-order valence-electron chi connectivity index (χ2n) is 3.06. The van der Waals surface area contributed by atoms with Gasteiger partial charge in [-0.25, -0.2) is 0 Å². The third kappa shape index (κ3) is 1.75. The molecule has 0 bridgehead atoms. The smallest absolute Gasteiger partial charge is 0.227 e. The van der Waals surface area contributed by atoms with Crippen LogP contribution in [-0.2, 0) is 0 Å². The molecule has 68 valence electrons. The lowest BCUT2D eigenvalue weighted by Crippen LogP contribution is -2.34. The van der Waals surface area contributed by atoms with Crippen LogP contribution in [0.1, 0.15) is 12.8 Å². The Balaban J connectivity index is 2.05. The van der Waals surface area contributed by atoms with Gasteiger partial charge in [-0.15, -0.1) is 0 Å². The van der Waals surface area contributed by atoms with Gasteiger partial charge in [0, 0.05) is 24.6 Å². The molecule has 1 aromatic heterocycles. The lowest BCUT2D eigenvalue weighted by atomic mass is 10.0. The lowest BCUT2D eigenvalue weighted by Gasteiger charge is -2.28. The average Bonchev–Trinajstić information content (AvgIpc) is 2.71. The maximum Gasteiger partial charge on any atom is 0.227 e. The summed E-state index contributed by atoms with van der Waals surface area (Å²) in [6.07, 6.45) is 2.05. The van der Waals surface area contributed by atoms with Crippen LogP contribution >= 0.6 is 11.5 Å². The molecule has 0 aromatic carbocycles. The van der Waals surface area contributed by atoms with Crippen LogP contribution in [0, 0.1) is 17.2 Å². The van der Waals surface area contributed by atoms with Gasteiger partial charge in [0.05, 0.1) is 12.0 Å². The standard InChI is InChI=1S/C7H9N5S/c8-4-6-2-1-3-12(5-6)7-9-10-11-13-7/h6H,1-3,5H2. The topological polar surface area (TPSA) is 65.7 Å². The highest BCUT2D eigenvalue weighted by atomic mass is 32.1. The van der Waals surface area contributed by atoms with Crippen molar-refractivity contribution in [2.75, 3.05) is 18.0 Å². The number of rotatable bonds is 1. The second-order valence-corrected chi connectivity index (χ2v) is 3.77. The lowest BCUT2D eigenvalue weighted by molar-refractivity contribution is 0.492. The number of hydrogen-bond donors (Lipinski definition) is 0. The largest absolute Gasteiger partial charge is 0.344 e. The summed E-state index contributed by atoms with van der Waals surface area (Å²) in [6.45, 7) is 1.74. The van der Waals surface area contributed by atoms with Crippen LogP contribution in [0.5, 0.6) is 0 Å². The quantitative estimate of drug-likeness (QED) is 0.659. The van der Waals surface area contributed by atoms with E-state index in [1.54, 1.807) is 0 Å². The van der Waals surface area contributed by atoms with Crippen molar-refractivity contribution < 1.29 is 0 Å². The number of hydrogen-bond acceptors (Lipinski definition) is 6. The molecule has 1 aromatic rings. The minimum Gasteiger partial charge on any atom is -0.344 e. The summed E-state index contributed by atoms with van der Waals surface area (Å²) in [4.78, 5) is 2.09. The fraction of sp³-hybridized carbons (Fsp3) is 0.714. The Bertz CT molecular complexity index is 303. The predicted octanol–water partition coefficient (Wildman–Crippen LogP) is 0.673. The molecule has 0 spiro atoms. The molecule has 1 fully saturated rings. The molecule has 0 saturated carbocycles. The predicted molar refractivity (Wildman–Crippen MR) is 48.3 cm³/mol. The van der Waals surface area contributed by atoms with Crippen LogP contribution in [0.4, 0.5) is 5.13 Å². The number of anilines is 1. The van der Waals surface area contributed by atoms with Crippen molar-refractivity contribution in [2.24, 2.45) is 5.92 Å². The minimum atomic E-state index is 0.137. The van der Waals surface area contributed by atoms with Gasteiger partial charge in [-0.2, -0.15) is 5.26 Å². The normalized spacial score (nSPS) is 22.7. The Morgan fingerprint density at radius 3 is 3.23 bits per heavy atom. The molecule has 1 unspecified atom stereocenters. The first-order valence-corrected chi connectivity index (χ1v) is 4.97. The molecule has 1 saturated heterocycles. The Hall–Kier alpha value is -1.22. The third-order valence-corrected chi connectivity index (χ3v) is 2.82. The second kappa shape index (κ2) is 3.66. The molecular formula is C7H9N5S. The number of aromatic nitrogens is 3. The maximum absolute atomic E-state index is 8.78. The highest BCUT2D eigenvalue weighted by molar-refractivity contribution is 7.09. The summed E-state index contributed by atoms with van der Waals surface area (Å²) < 4.78 is 3.70. The van der Waals surface area contributed by atoms with Gasteiger partial charge in [-0.1, -0.05) is 9.59 Å². The van der Waals surface area contributed by atoms with Gasteiger partial charge in [-0.3, -0.25) is 0 Å². The van der Waals surface area contributed by atoms with Crippen LogP contribution in [0.3, 0.4) is 0 Å². The fourth-order valence-corrected chi connectivity index (χ4v) is 2.01. The molecular weight excluding hydrogens is 186 g/mol. The summed E-state index contributed by atoms with van der Waals surface area (Å²) in [5.41, 5.74) is 0. The molecule has 13 heavy (non-hydrogen) atoms. The van der Waals surface area contributed by atoms with Gasteiger partial charge in [0.25, 0.3) is 0 Å². The summed E-state index contributed by atoms with van der Waals surface area (Å²) in [5, 5.41) is 17.0. The highest BCUT2D eigenvalue weighted by Gasteiger charge is 2.21. The zero-order valence-corrected chi connectivity index (χ0v) is 7.87. The molecule has 0 amide bonds. The van der Waals surface area contributed by atoms with E-state index >= 15 is 0 Å². The molecule has 1 atom stereocenters. The van der Waals surface area contributed by atoms with Crippen LogP contribution in [0.2, 0.25) is 0 Å². The van der Waals surface area contributed by atoms with Gasteiger partial charge >= 0.3 is 0 Å². The van der Waals surface area contributed by atoms with Crippen molar-refractivity contribution in [1.29, 1.82) is 5.26 Å². The van der Waals surface area contributed by atoms with E-state index in [0.29, 0.717) is 0 Å². The summed E-state index contributed by atoms with van der Waals surface area (Å²) in [7, 11) is 0. The van der Waals surface area contributed by atoms with Crippen LogP contribution in [0.25, 0.3) is 0 Å². The van der Waals surface area contributed by atoms with E-state index in [-0.39, 0.29) is 5.92 Å². The van der Waals surface area contributed by atoms with Gasteiger partial charge in [0.1, 0.15) is 0 Å². The molecule has 6 heteroatoms. The molecule has 2 rings (SSSR count). The van der Waals surface area contributed by atoms with E-state index in [1.165, 1.54) is 11.5 Å². The first-order chi connectivity index (χ1) is 6.40. The van der Waals surface area contributed by atoms with E-state index in [2.05, 4.69) is 25.8 Å². The van der Waals surface area contributed by atoms with E-state index in [0.717, 1.165) is 31.1 Å². The summed E-state index contributed by atoms with van der Waals surface area (Å²) >= 11 is 1.29. The van der Waals surface area contributed by atoms with Crippen molar-refractivity contribution in [2.45, 2.75) is 12.8 Å². The minimum absolute atomic E-state index is 0.137. The van der Waals surface area contributed by atoms with Gasteiger partial charge in [0.2, 0.25) is 5.13 Å². The molecule has 5 nitrogen and oxygen atoms in total. The fourth-order valence-electron chi connectivity index (χ4n) is 1.51. The third-order valence-electron chi connectivity index (χ3n) is 2.16. The molecule has 2 heterocycles. The molecule has 0 aliphatic carbocycles. The molecule has 0 N–H and O–H groups in total. The van der Waals surface area contributed by atoms with Gasteiger partial charge < -0.3 is 4.90 Å². The van der Waals surface area contributed by atoms with Crippen molar-refractivity contribution >= 4 is 16.7 Å². The van der Waals surface area contributed by atoms with E-state index in [1.807, 2.05) is 0 Å². The first-order valence-electron chi connectivity index (χ1n) is 4.20. The average molecular weight is 195 g/mol. The van der Waals surface area contributed by atoms with E-state index in [4.69, 9.17) is 5.26 Å². The maximum atomic E-state index is 8.78. The zero-order valence-electron chi connectivity index (χ0n) is 7.05. The van der Waals surface area contributed by atoms with Crippen LogP contribution in [0.15, 0.2) is 0 Å². The van der Waals surface area contributed by atoms with Crippen molar-refractivity contribution in [3.05, 3.63) is 0 Å². The molecule has 1 aliphatic rings. The van der Waals surface area contributed by atoms with Crippen molar-refractivity contribution in [1.82, 2.24) is 14.8 Å². The Labute approximate surface area is 80.1 Å². The zero-order chi connectivity index (χ0) is 9.10. The SMILES string of the molecule is N#CC1CCCN(c2nnns2)C1. The van der Waals surface area contributed by atoms with E-state index in [9.17, 15) is 0 Å². The Morgan fingerprint density at radius 2 is 2.54 bits per heavy atom. The monoisotopic (exact) mass is 195 g/mol. The van der Waals surface area contributed by atoms with Gasteiger partial charge in [0.15, 0.2) is 0 Å². The van der Waals surface area contributed by atoms with Crippen molar-refractivity contribution in [3.8, 4) is 6.07 Å². The van der Waals surface area contributed by atoms with Crippen molar-refractivity contribution in [3.63, 3.8) is 0 Å². The summed E-state index contributed by atoms with van der Waals surface area (Å²) in [5.74, 6) is 0.137. The first kappa shape index (κ1) is 8.38. The Morgan fingerprint density at radius 1 is 1.62 bits per heavy atom. The number of piperidine rings is 1. The molecule has 1 aliphatic heterocycles.